The van der Waals surface area contributed by atoms with E-state index < -0.39 is 0 Å². The van der Waals surface area contributed by atoms with Crippen LogP contribution >= 0.6 is 0 Å². The number of carbonyl (C=O) groups excluding carboxylic acids is 1. The van der Waals surface area contributed by atoms with E-state index in [-0.39, 0.29) is 0 Å². The molecule has 0 saturated carbocycles. The van der Waals surface area contributed by atoms with Crippen molar-refractivity contribution in [2.75, 3.05) is 26.2 Å². The first-order valence-electron chi connectivity index (χ1n) is 7.89. The van der Waals surface area contributed by atoms with Gasteiger partial charge in [-0.15, -0.1) is 0 Å². The molecule has 2 heterocycles. The summed E-state index contributed by atoms with van der Waals surface area (Å²) in [4.78, 5) is 17.0. The zero-order valence-electron chi connectivity index (χ0n) is 12.5. The van der Waals surface area contributed by atoms with Gasteiger partial charge in [-0.1, -0.05) is 6.92 Å². The number of likely N-dealkylation sites (tertiary alicyclic amines) is 2. The maximum Gasteiger partial charge on any atom is 0.237 e. The van der Waals surface area contributed by atoms with Crippen LogP contribution in [0.25, 0.3) is 0 Å². The SMILES string of the molecule is CCC1CCCCN1C(=O)CN1CC(CN)CC1C. The Bertz CT molecular complexity index is 308. The summed E-state index contributed by atoms with van der Waals surface area (Å²) < 4.78 is 0. The molecule has 0 radical (unpaired) electrons. The van der Waals surface area contributed by atoms with Crippen molar-refractivity contribution in [3.63, 3.8) is 0 Å². The van der Waals surface area contributed by atoms with E-state index in [1.807, 2.05) is 0 Å². The molecule has 0 aromatic heterocycles. The minimum atomic E-state index is 0.330. The molecule has 0 aromatic rings. The lowest BCUT2D eigenvalue weighted by molar-refractivity contribution is -0.136. The molecular weight excluding hydrogens is 238 g/mol. The number of rotatable bonds is 4. The summed E-state index contributed by atoms with van der Waals surface area (Å²) in [5, 5.41) is 0. The van der Waals surface area contributed by atoms with Crippen molar-refractivity contribution < 1.29 is 4.79 Å². The van der Waals surface area contributed by atoms with Crippen molar-refractivity contribution in [1.29, 1.82) is 0 Å². The van der Waals surface area contributed by atoms with E-state index in [4.69, 9.17) is 5.73 Å². The van der Waals surface area contributed by atoms with Crippen molar-refractivity contribution in [1.82, 2.24) is 9.80 Å². The average Bonchev–Trinajstić information content (AvgIpc) is 2.79. The van der Waals surface area contributed by atoms with Gasteiger partial charge in [0, 0.05) is 25.2 Å². The molecule has 2 aliphatic rings. The molecule has 19 heavy (non-hydrogen) atoms. The fourth-order valence-electron chi connectivity index (χ4n) is 3.63. The van der Waals surface area contributed by atoms with Crippen molar-refractivity contribution in [3.8, 4) is 0 Å². The van der Waals surface area contributed by atoms with Crippen molar-refractivity contribution in [2.24, 2.45) is 11.7 Å². The van der Waals surface area contributed by atoms with Gasteiger partial charge in [0.2, 0.25) is 5.91 Å². The van der Waals surface area contributed by atoms with Crippen LogP contribution in [0.15, 0.2) is 0 Å². The Labute approximate surface area is 117 Å². The Morgan fingerprint density at radius 2 is 2.16 bits per heavy atom. The van der Waals surface area contributed by atoms with E-state index in [1.165, 1.54) is 19.3 Å². The van der Waals surface area contributed by atoms with Gasteiger partial charge in [0.05, 0.1) is 6.54 Å². The standard InChI is InChI=1S/C15H29N3O/c1-3-14-6-4-5-7-18(14)15(19)11-17-10-13(9-16)8-12(17)2/h12-14H,3-11,16H2,1-2H3. The van der Waals surface area contributed by atoms with E-state index in [0.717, 1.165) is 32.5 Å². The zero-order chi connectivity index (χ0) is 13.8. The number of nitrogens with zero attached hydrogens (tertiary/aromatic N) is 2. The summed E-state index contributed by atoms with van der Waals surface area (Å²) in [6.45, 7) is 7.70. The lowest BCUT2D eigenvalue weighted by Crippen LogP contribution is -2.48. The maximum absolute atomic E-state index is 12.5. The Morgan fingerprint density at radius 3 is 2.79 bits per heavy atom. The van der Waals surface area contributed by atoms with Gasteiger partial charge < -0.3 is 10.6 Å². The van der Waals surface area contributed by atoms with Gasteiger partial charge >= 0.3 is 0 Å². The van der Waals surface area contributed by atoms with Gasteiger partial charge in [0.1, 0.15) is 0 Å². The summed E-state index contributed by atoms with van der Waals surface area (Å²) in [7, 11) is 0. The summed E-state index contributed by atoms with van der Waals surface area (Å²) in [6.07, 6.45) is 5.86. The van der Waals surface area contributed by atoms with E-state index in [2.05, 4.69) is 23.6 Å². The smallest absolute Gasteiger partial charge is 0.237 e. The van der Waals surface area contributed by atoms with Crippen molar-refractivity contribution in [2.45, 2.75) is 58.0 Å². The first-order chi connectivity index (χ1) is 9.15. The highest BCUT2D eigenvalue weighted by atomic mass is 16.2. The zero-order valence-corrected chi connectivity index (χ0v) is 12.5. The Morgan fingerprint density at radius 1 is 1.37 bits per heavy atom. The van der Waals surface area contributed by atoms with E-state index in [1.54, 1.807) is 0 Å². The van der Waals surface area contributed by atoms with Crippen LogP contribution in [-0.4, -0.2) is 54.0 Å². The second kappa shape index (κ2) is 6.71. The number of piperidine rings is 1. The maximum atomic E-state index is 12.5. The average molecular weight is 267 g/mol. The Hall–Kier alpha value is -0.610. The highest BCUT2D eigenvalue weighted by Gasteiger charge is 2.32. The molecule has 2 saturated heterocycles. The lowest BCUT2D eigenvalue weighted by atomic mass is 10.00. The fraction of sp³-hybridized carbons (Fsp3) is 0.933. The monoisotopic (exact) mass is 267 g/mol. The van der Waals surface area contributed by atoms with Crippen LogP contribution in [0.5, 0.6) is 0 Å². The molecule has 110 valence electrons. The predicted octanol–water partition coefficient (Wildman–Crippen LogP) is 1.45. The molecule has 4 heteroatoms. The van der Waals surface area contributed by atoms with Crippen molar-refractivity contribution in [3.05, 3.63) is 0 Å². The molecule has 2 aliphatic heterocycles. The van der Waals surface area contributed by atoms with E-state index in [9.17, 15) is 4.79 Å². The minimum Gasteiger partial charge on any atom is -0.339 e. The molecule has 2 rings (SSSR count). The summed E-state index contributed by atoms with van der Waals surface area (Å²) in [6, 6.07) is 0.979. The molecule has 2 fully saturated rings. The van der Waals surface area contributed by atoms with Gasteiger partial charge in [-0.25, -0.2) is 0 Å². The molecular formula is C15H29N3O. The second-order valence-corrected chi connectivity index (χ2v) is 6.26. The summed E-state index contributed by atoms with van der Waals surface area (Å²) in [5.74, 6) is 0.905. The Kier molecular flexibility index (Phi) is 5.22. The molecule has 0 spiro atoms. The topological polar surface area (TPSA) is 49.6 Å². The van der Waals surface area contributed by atoms with Crippen LogP contribution in [0, 0.1) is 5.92 Å². The third-order valence-electron chi connectivity index (χ3n) is 4.88. The predicted molar refractivity (Wildman–Crippen MR) is 77.8 cm³/mol. The van der Waals surface area contributed by atoms with Crippen LogP contribution in [-0.2, 0) is 4.79 Å². The molecule has 0 aliphatic carbocycles. The number of carbonyl (C=O) groups is 1. The number of amides is 1. The highest BCUT2D eigenvalue weighted by molar-refractivity contribution is 5.78. The van der Waals surface area contributed by atoms with Gasteiger partial charge in [-0.2, -0.15) is 0 Å². The third kappa shape index (κ3) is 3.48. The van der Waals surface area contributed by atoms with E-state index in [0.29, 0.717) is 30.5 Å². The minimum absolute atomic E-state index is 0.330. The first-order valence-corrected chi connectivity index (χ1v) is 7.89. The quantitative estimate of drug-likeness (QED) is 0.838. The normalized spacial score (nSPS) is 32.8. The molecule has 3 unspecified atom stereocenters. The summed E-state index contributed by atoms with van der Waals surface area (Å²) >= 11 is 0. The molecule has 3 atom stereocenters. The molecule has 0 bridgehead atoms. The van der Waals surface area contributed by atoms with Crippen LogP contribution in [0.4, 0.5) is 0 Å². The molecule has 2 N–H and O–H groups in total. The van der Waals surface area contributed by atoms with Gasteiger partial charge in [0.15, 0.2) is 0 Å². The second-order valence-electron chi connectivity index (χ2n) is 6.26. The molecule has 1 amide bonds. The van der Waals surface area contributed by atoms with Crippen LogP contribution in [0.2, 0.25) is 0 Å². The van der Waals surface area contributed by atoms with Crippen LogP contribution < -0.4 is 5.73 Å². The third-order valence-corrected chi connectivity index (χ3v) is 4.88. The van der Waals surface area contributed by atoms with Crippen LogP contribution in [0.3, 0.4) is 0 Å². The lowest BCUT2D eigenvalue weighted by Gasteiger charge is -2.36. The molecule has 4 nitrogen and oxygen atoms in total. The number of hydrogen-bond donors (Lipinski definition) is 1. The number of nitrogens with two attached hydrogens (primary N) is 1. The largest absolute Gasteiger partial charge is 0.339 e. The first kappa shape index (κ1) is 14.8. The summed E-state index contributed by atoms with van der Waals surface area (Å²) in [5.41, 5.74) is 5.75. The number of hydrogen-bond acceptors (Lipinski definition) is 3. The fourth-order valence-corrected chi connectivity index (χ4v) is 3.63. The van der Waals surface area contributed by atoms with Crippen LogP contribution in [0.1, 0.15) is 46.0 Å². The molecule has 0 aromatic carbocycles. The van der Waals surface area contributed by atoms with Gasteiger partial charge in [-0.05, 0) is 51.5 Å². The Balaban J connectivity index is 1.89. The highest BCUT2D eigenvalue weighted by Crippen LogP contribution is 2.24. The van der Waals surface area contributed by atoms with E-state index >= 15 is 0 Å². The van der Waals surface area contributed by atoms with Gasteiger partial charge in [-0.3, -0.25) is 9.69 Å². The van der Waals surface area contributed by atoms with Gasteiger partial charge in [0.25, 0.3) is 0 Å². The van der Waals surface area contributed by atoms with Crippen molar-refractivity contribution >= 4 is 5.91 Å².